The molecule has 0 spiro atoms. The largest absolute Gasteiger partial charge is 0.433 e. The molecule has 0 unspecified atom stereocenters. The van der Waals surface area contributed by atoms with E-state index < -0.39 is 0 Å². The molecular weight excluding hydrogens is 130 g/mol. The van der Waals surface area contributed by atoms with Crippen molar-refractivity contribution in [2.45, 2.75) is 0 Å². The molecular formula is C7H3NO2. The fraction of sp³-hybridized carbons (Fsp3) is 0. The Hall–Kier alpha value is -1.69. The summed E-state index contributed by atoms with van der Waals surface area (Å²) in [5.41, 5.74) is 0.517. The summed E-state index contributed by atoms with van der Waals surface area (Å²) in [4.78, 5) is 0. The molecule has 3 heteroatoms. The number of fused-ring (bicyclic) bond motifs is 1. The Bertz CT molecular complexity index is 391. The first-order chi connectivity index (χ1) is 4.92. The van der Waals surface area contributed by atoms with Gasteiger partial charge in [0.05, 0.1) is 11.6 Å². The van der Waals surface area contributed by atoms with Crippen molar-refractivity contribution in [3.63, 3.8) is 0 Å². The van der Waals surface area contributed by atoms with Crippen LogP contribution in [0.2, 0.25) is 0 Å². The molecule has 0 aromatic carbocycles. The summed E-state index contributed by atoms with van der Waals surface area (Å²) in [7, 11) is 0. The van der Waals surface area contributed by atoms with Crippen LogP contribution in [-0.4, -0.2) is 0 Å². The summed E-state index contributed by atoms with van der Waals surface area (Å²) in [6.45, 7) is 0. The average molecular weight is 133 g/mol. The third-order valence-electron chi connectivity index (χ3n) is 1.32. The van der Waals surface area contributed by atoms with Gasteiger partial charge in [0.25, 0.3) is 5.78 Å². The van der Waals surface area contributed by atoms with E-state index in [4.69, 9.17) is 14.1 Å². The molecule has 0 saturated carbocycles. The molecule has 48 valence electrons. The highest BCUT2D eigenvalue weighted by Gasteiger charge is 2.05. The Morgan fingerprint density at radius 1 is 1.40 bits per heavy atom. The normalized spacial score (nSPS) is 9.90. The molecule has 3 nitrogen and oxygen atoms in total. The molecule has 0 saturated heterocycles. The van der Waals surface area contributed by atoms with Crippen molar-refractivity contribution in [1.29, 1.82) is 5.26 Å². The minimum atomic E-state index is 0.413. The van der Waals surface area contributed by atoms with Gasteiger partial charge in [-0.1, -0.05) is 0 Å². The van der Waals surface area contributed by atoms with Gasteiger partial charge in [-0.25, -0.2) is 0 Å². The second-order valence-electron chi connectivity index (χ2n) is 1.88. The van der Waals surface area contributed by atoms with Crippen molar-refractivity contribution in [2.75, 3.05) is 0 Å². The Kier molecular flexibility index (Phi) is 0.842. The van der Waals surface area contributed by atoms with Gasteiger partial charge in [0, 0.05) is 0 Å². The lowest BCUT2D eigenvalue weighted by molar-refractivity contribution is 0.477. The van der Waals surface area contributed by atoms with Crippen LogP contribution >= 0.6 is 0 Å². The molecule has 0 bridgehead atoms. The maximum absolute atomic E-state index is 8.49. The first-order valence-electron chi connectivity index (χ1n) is 2.76. The topological polar surface area (TPSA) is 50.1 Å². The number of hydrogen-bond acceptors (Lipinski definition) is 3. The molecule has 0 amide bonds. The van der Waals surface area contributed by atoms with Crippen molar-refractivity contribution in [3.05, 3.63) is 24.2 Å². The monoisotopic (exact) mass is 133 g/mol. The van der Waals surface area contributed by atoms with Gasteiger partial charge in [0.1, 0.15) is 17.9 Å². The Morgan fingerprint density at radius 3 is 3.10 bits per heavy atom. The van der Waals surface area contributed by atoms with Crippen LogP contribution in [0.5, 0.6) is 0 Å². The highest BCUT2D eigenvalue weighted by molar-refractivity contribution is 5.79. The zero-order valence-electron chi connectivity index (χ0n) is 5.00. The van der Waals surface area contributed by atoms with E-state index in [-0.39, 0.29) is 0 Å². The molecule has 0 radical (unpaired) electrons. The van der Waals surface area contributed by atoms with Crippen molar-refractivity contribution in [3.8, 4) is 6.07 Å². The molecule has 0 N–H and O–H groups in total. The number of nitrogens with zero attached hydrogens (tertiary/aromatic N) is 1. The average Bonchev–Trinajstić information content (AvgIpc) is 2.44. The van der Waals surface area contributed by atoms with E-state index in [1.807, 2.05) is 6.07 Å². The van der Waals surface area contributed by atoms with Crippen molar-refractivity contribution < 1.29 is 8.83 Å². The van der Waals surface area contributed by atoms with Gasteiger partial charge in [-0.3, -0.25) is 0 Å². The molecule has 2 aromatic rings. The van der Waals surface area contributed by atoms with E-state index in [9.17, 15) is 0 Å². The summed E-state index contributed by atoms with van der Waals surface area (Å²) in [5, 5.41) is 9.23. The van der Waals surface area contributed by atoms with Crippen LogP contribution in [-0.2, 0) is 0 Å². The first kappa shape index (κ1) is 5.12. The molecule has 2 heterocycles. The fourth-order valence-corrected chi connectivity index (χ4v) is 0.849. The maximum Gasteiger partial charge on any atom is 0.298 e. The standard InChI is InChI=1S/C7H3NO2/c8-3-5-4-10-7-6(5)1-2-9-7/h1-2,4H. The van der Waals surface area contributed by atoms with E-state index in [0.717, 1.165) is 5.39 Å². The molecule has 2 rings (SSSR count). The smallest absolute Gasteiger partial charge is 0.298 e. The number of rotatable bonds is 0. The SMILES string of the molecule is N#Cc1coc2occc12. The number of nitriles is 1. The minimum Gasteiger partial charge on any atom is -0.433 e. The van der Waals surface area contributed by atoms with Gasteiger partial charge in [0.2, 0.25) is 0 Å². The van der Waals surface area contributed by atoms with Crippen molar-refractivity contribution >= 4 is 11.2 Å². The van der Waals surface area contributed by atoms with Crippen molar-refractivity contribution in [1.82, 2.24) is 0 Å². The Morgan fingerprint density at radius 2 is 2.30 bits per heavy atom. The summed E-state index contributed by atoms with van der Waals surface area (Å²) >= 11 is 0. The fourth-order valence-electron chi connectivity index (χ4n) is 0.849. The van der Waals surface area contributed by atoms with Gasteiger partial charge in [-0.15, -0.1) is 0 Å². The molecule has 0 atom stereocenters. The lowest BCUT2D eigenvalue weighted by atomic mass is 10.3. The van der Waals surface area contributed by atoms with Crippen LogP contribution < -0.4 is 0 Å². The van der Waals surface area contributed by atoms with Gasteiger partial charge < -0.3 is 8.83 Å². The van der Waals surface area contributed by atoms with Gasteiger partial charge in [-0.05, 0) is 6.07 Å². The summed E-state index contributed by atoms with van der Waals surface area (Å²) in [6, 6.07) is 3.69. The lowest BCUT2D eigenvalue weighted by Crippen LogP contribution is -1.60. The molecule has 0 fully saturated rings. The molecule has 2 aromatic heterocycles. The van der Waals surface area contributed by atoms with E-state index in [1.54, 1.807) is 6.07 Å². The van der Waals surface area contributed by atoms with Crippen LogP contribution in [0.25, 0.3) is 11.2 Å². The predicted octanol–water partition coefficient (Wildman–Crippen LogP) is 1.90. The zero-order valence-corrected chi connectivity index (χ0v) is 5.00. The third kappa shape index (κ3) is 0.477. The maximum atomic E-state index is 8.49. The highest BCUT2D eigenvalue weighted by atomic mass is 16.5. The predicted molar refractivity (Wildman–Crippen MR) is 33.2 cm³/mol. The highest BCUT2D eigenvalue weighted by Crippen LogP contribution is 2.20. The summed E-state index contributed by atoms with van der Waals surface area (Å²) < 4.78 is 9.77. The molecule has 10 heavy (non-hydrogen) atoms. The summed E-state index contributed by atoms with van der Waals surface area (Å²) in [6.07, 6.45) is 2.88. The minimum absolute atomic E-state index is 0.413. The van der Waals surface area contributed by atoms with E-state index in [1.165, 1.54) is 12.5 Å². The van der Waals surface area contributed by atoms with Crippen LogP contribution in [0, 0.1) is 11.3 Å². The molecule has 0 aliphatic heterocycles. The van der Waals surface area contributed by atoms with E-state index in [2.05, 4.69) is 0 Å². The third-order valence-corrected chi connectivity index (χ3v) is 1.32. The van der Waals surface area contributed by atoms with Crippen LogP contribution in [0.15, 0.2) is 27.4 Å². The summed E-state index contributed by atoms with van der Waals surface area (Å²) in [5.74, 6) is 0.413. The number of furan rings is 2. The van der Waals surface area contributed by atoms with Crippen LogP contribution in [0.1, 0.15) is 5.56 Å². The molecule has 0 aliphatic rings. The van der Waals surface area contributed by atoms with Crippen LogP contribution in [0.4, 0.5) is 0 Å². The second kappa shape index (κ2) is 1.64. The van der Waals surface area contributed by atoms with Gasteiger partial charge in [-0.2, -0.15) is 5.26 Å². The van der Waals surface area contributed by atoms with Gasteiger partial charge >= 0.3 is 0 Å². The van der Waals surface area contributed by atoms with E-state index in [0.29, 0.717) is 11.3 Å². The second-order valence-corrected chi connectivity index (χ2v) is 1.88. The first-order valence-corrected chi connectivity index (χ1v) is 2.76. The number of hydrogen-bond donors (Lipinski definition) is 0. The Labute approximate surface area is 56.5 Å². The van der Waals surface area contributed by atoms with Gasteiger partial charge in [0.15, 0.2) is 0 Å². The van der Waals surface area contributed by atoms with E-state index >= 15 is 0 Å². The lowest BCUT2D eigenvalue weighted by Gasteiger charge is -1.68. The Balaban J connectivity index is 2.92. The zero-order chi connectivity index (χ0) is 6.97. The molecule has 0 aliphatic carbocycles. The quantitative estimate of drug-likeness (QED) is 0.551. The van der Waals surface area contributed by atoms with Crippen molar-refractivity contribution in [2.24, 2.45) is 0 Å². The van der Waals surface area contributed by atoms with Crippen LogP contribution in [0.3, 0.4) is 0 Å².